The van der Waals surface area contributed by atoms with E-state index in [2.05, 4.69) is 18.3 Å². The minimum atomic E-state index is 0.802. The second kappa shape index (κ2) is 6.62. The molecule has 0 saturated heterocycles. The van der Waals surface area contributed by atoms with Crippen molar-refractivity contribution in [1.82, 2.24) is 5.32 Å². The number of allylic oxidation sites excluding steroid dienone is 2. The van der Waals surface area contributed by atoms with Crippen LogP contribution in [0.1, 0.15) is 26.7 Å². The molecule has 0 aliphatic rings. The molecule has 0 aromatic rings. The molecule has 0 saturated carbocycles. The van der Waals surface area contributed by atoms with Gasteiger partial charge >= 0.3 is 0 Å². The summed E-state index contributed by atoms with van der Waals surface area (Å²) in [7, 11) is 0. The fourth-order valence-electron chi connectivity index (χ4n) is 0.657. The largest absolute Gasteiger partial charge is 0.389 e. The molecule has 0 heterocycles. The van der Waals surface area contributed by atoms with E-state index in [1.165, 1.54) is 12.1 Å². The number of nitrogens with two attached hydrogens (primary N) is 1. The molecule has 60 valence electrons. The first-order chi connectivity index (χ1) is 4.81. The first-order valence-corrected chi connectivity index (χ1v) is 3.88. The maximum atomic E-state index is 5.34. The number of nitrogens with one attached hydrogen (secondary N) is 1. The Morgan fingerprint density at radius 1 is 1.50 bits per heavy atom. The number of hydrogen-bond donors (Lipinski definition) is 2. The van der Waals surface area contributed by atoms with Gasteiger partial charge in [-0.05, 0) is 33.2 Å². The van der Waals surface area contributed by atoms with E-state index in [0.717, 1.165) is 19.5 Å². The van der Waals surface area contributed by atoms with Crippen molar-refractivity contribution in [2.24, 2.45) is 5.73 Å². The average Bonchev–Trinajstić information content (AvgIpc) is 1.98. The number of rotatable bonds is 5. The fourth-order valence-corrected chi connectivity index (χ4v) is 0.657. The molecular formula is C8H18N2. The van der Waals surface area contributed by atoms with E-state index in [1.807, 2.05) is 6.92 Å². The molecule has 0 radical (unpaired) electrons. The van der Waals surface area contributed by atoms with Gasteiger partial charge in [0.1, 0.15) is 0 Å². The van der Waals surface area contributed by atoms with Crippen LogP contribution in [0, 0.1) is 0 Å². The highest BCUT2D eigenvalue weighted by atomic mass is 14.9. The minimum absolute atomic E-state index is 0.802. The van der Waals surface area contributed by atoms with Crippen LogP contribution in [0.3, 0.4) is 0 Å². The van der Waals surface area contributed by atoms with Gasteiger partial charge in [-0.15, -0.1) is 0 Å². The van der Waals surface area contributed by atoms with E-state index in [-0.39, 0.29) is 0 Å². The summed E-state index contributed by atoms with van der Waals surface area (Å²) in [6, 6.07) is 0. The third-order valence-electron chi connectivity index (χ3n) is 1.47. The second-order valence-corrected chi connectivity index (χ2v) is 2.39. The molecule has 0 aromatic carbocycles. The predicted molar refractivity (Wildman–Crippen MR) is 45.7 cm³/mol. The van der Waals surface area contributed by atoms with Gasteiger partial charge in [0.05, 0.1) is 0 Å². The lowest BCUT2D eigenvalue weighted by Crippen LogP contribution is -2.13. The van der Waals surface area contributed by atoms with Crippen molar-refractivity contribution >= 4 is 0 Å². The van der Waals surface area contributed by atoms with Gasteiger partial charge in [0.25, 0.3) is 0 Å². The van der Waals surface area contributed by atoms with Gasteiger partial charge in [-0.25, -0.2) is 0 Å². The fraction of sp³-hybridized carbons (Fsp3) is 0.750. The van der Waals surface area contributed by atoms with Crippen molar-refractivity contribution in [1.29, 1.82) is 0 Å². The van der Waals surface area contributed by atoms with Crippen molar-refractivity contribution in [3.8, 4) is 0 Å². The normalized spacial score (nSPS) is 11.7. The summed E-state index contributed by atoms with van der Waals surface area (Å²) < 4.78 is 0. The van der Waals surface area contributed by atoms with Crippen LogP contribution in [0.15, 0.2) is 11.8 Å². The summed E-state index contributed by atoms with van der Waals surface area (Å²) in [5.41, 5.74) is 6.58. The van der Waals surface area contributed by atoms with Crippen LogP contribution in [0.5, 0.6) is 0 Å². The van der Waals surface area contributed by atoms with Gasteiger partial charge in [0.2, 0.25) is 0 Å². The lowest BCUT2D eigenvalue weighted by Gasteiger charge is -2.03. The molecule has 0 rings (SSSR count). The summed E-state index contributed by atoms with van der Waals surface area (Å²) in [6.45, 7) is 5.96. The smallest absolute Gasteiger partial charge is 0.0144 e. The molecule has 0 bridgehead atoms. The molecule has 10 heavy (non-hydrogen) atoms. The lowest BCUT2D eigenvalue weighted by molar-refractivity contribution is 0.684. The molecule has 0 fully saturated rings. The molecule has 0 aromatic heterocycles. The Morgan fingerprint density at radius 3 is 2.70 bits per heavy atom. The Kier molecular flexibility index (Phi) is 6.29. The highest BCUT2D eigenvalue weighted by Crippen LogP contribution is 1.87. The van der Waals surface area contributed by atoms with Gasteiger partial charge in [0.15, 0.2) is 0 Å². The van der Waals surface area contributed by atoms with Gasteiger partial charge in [-0.2, -0.15) is 0 Å². The van der Waals surface area contributed by atoms with Crippen LogP contribution < -0.4 is 11.1 Å². The van der Waals surface area contributed by atoms with Gasteiger partial charge < -0.3 is 11.1 Å². The topological polar surface area (TPSA) is 38.0 Å². The highest BCUT2D eigenvalue weighted by molar-refractivity contribution is 4.91. The SMILES string of the molecule is C/C=C(\C)NCCCCN. The first-order valence-electron chi connectivity index (χ1n) is 3.88. The van der Waals surface area contributed by atoms with Gasteiger partial charge in [-0.3, -0.25) is 0 Å². The Morgan fingerprint density at radius 2 is 2.20 bits per heavy atom. The summed E-state index contributed by atoms with van der Waals surface area (Å²) in [5, 5.41) is 3.27. The highest BCUT2D eigenvalue weighted by Gasteiger charge is 1.85. The Hall–Kier alpha value is -0.500. The van der Waals surface area contributed by atoms with Gasteiger partial charge in [-0.1, -0.05) is 6.08 Å². The van der Waals surface area contributed by atoms with E-state index < -0.39 is 0 Å². The van der Waals surface area contributed by atoms with E-state index >= 15 is 0 Å². The summed E-state index contributed by atoms with van der Waals surface area (Å²) in [5.74, 6) is 0. The van der Waals surface area contributed by atoms with Crippen molar-refractivity contribution in [2.45, 2.75) is 26.7 Å². The van der Waals surface area contributed by atoms with E-state index in [0.29, 0.717) is 0 Å². The van der Waals surface area contributed by atoms with E-state index in [4.69, 9.17) is 5.73 Å². The van der Waals surface area contributed by atoms with Crippen LogP contribution in [-0.4, -0.2) is 13.1 Å². The number of hydrogen-bond acceptors (Lipinski definition) is 2. The molecule has 0 amide bonds. The molecule has 0 unspecified atom stereocenters. The van der Waals surface area contributed by atoms with Crippen molar-refractivity contribution in [2.75, 3.05) is 13.1 Å². The quantitative estimate of drug-likeness (QED) is 0.567. The molecule has 0 atom stereocenters. The van der Waals surface area contributed by atoms with Crippen LogP contribution in [0.4, 0.5) is 0 Å². The molecule has 0 aliphatic carbocycles. The Labute approximate surface area is 63.5 Å². The molecule has 0 aliphatic heterocycles. The van der Waals surface area contributed by atoms with Crippen molar-refractivity contribution < 1.29 is 0 Å². The summed E-state index contributed by atoms with van der Waals surface area (Å²) in [4.78, 5) is 0. The molecule has 3 N–H and O–H groups in total. The van der Waals surface area contributed by atoms with Crippen LogP contribution in [0.25, 0.3) is 0 Å². The summed E-state index contributed by atoms with van der Waals surface area (Å²) >= 11 is 0. The minimum Gasteiger partial charge on any atom is -0.389 e. The molecule has 2 heteroatoms. The zero-order valence-electron chi connectivity index (χ0n) is 6.98. The van der Waals surface area contributed by atoms with E-state index in [1.54, 1.807) is 0 Å². The Balaban J connectivity index is 3.04. The molecule has 2 nitrogen and oxygen atoms in total. The standard InChI is InChI=1S/C8H18N2/c1-3-8(2)10-7-5-4-6-9/h3,10H,4-7,9H2,1-2H3/b8-3+. The van der Waals surface area contributed by atoms with Crippen LogP contribution in [-0.2, 0) is 0 Å². The molecule has 0 spiro atoms. The zero-order valence-corrected chi connectivity index (χ0v) is 6.98. The van der Waals surface area contributed by atoms with Crippen LogP contribution in [0.2, 0.25) is 0 Å². The van der Waals surface area contributed by atoms with Crippen molar-refractivity contribution in [3.63, 3.8) is 0 Å². The molecular weight excluding hydrogens is 124 g/mol. The van der Waals surface area contributed by atoms with Crippen molar-refractivity contribution in [3.05, 3.63) is 11.8 Å². The first kappa shape index (κ1) is 9.50. The maximum absolute atomic E-state index is 5.34. The third-order valence-corrected chi connectivity index (χ3v) is 1.47. The average molecular weight is 142 g/mol. The maximum Gasteiger partial charge on any atom is 0.0144 e. The van der Waals surface area contributed by atoms with Crippen LogP contribution >= 0.6 is 0 Å². The van der Waals surface area contributed by atoms with E-state index in [9.17, 15) is 0 Å². The number of unbranched alkanes of at least 4 members (excludes halogenated alkanes) is 1. The monoisotopic (exact) mass is 142 g/mol. The predicted octanol–water partition coefficient (Wildman–Crippen LogP) is 1.24. The summed E-state index contributed by atoms with van der Waals surface area (Å²) in [6.07, 6.45) is 4.36. The van der Waals surface area contributed by atoms with Gasteiger partial charge in [0, 0.05) is 12.2 Å². The third kappa shape index (κ3) is 5.63. The lowest BCUT2D eigenvalue weighted by atomic mass is 10.3. The second-order valence-electron chi connectivity index (χ2n) is 2.39. The Bertz CT molecular complexity index is 97.4. The zero-order chi connectivity index (χ0) is 7.82.